The Morgan fingerprint density at radius 2 is 2.10 bits per heavy atom. The molecular weight excluding hydrogens is 286 g/mol. The van der Waals surface area contributed by atoms with Crippen LogP contribution in [-0.2, 0) is 9.59 Å². The van der Waals surface area contributed by atoms with Gasteiger partial charge in [0.05, 0.1) is 0 Å². The van der Waals surface area contributed by atoms with Crippen LogP contribution in [0.2, 0.25) is 0 Å². The molecule has 0 bridgehead atoms. The van der Waals surface area contributed by atoms with Crippen molar-refractivity contribution in [2.75, 3.05) is 12.0 Å². The molecule has 0 aliphatic heterocycles. The highest BCUT2D eigenvalue weighted by Gasteiger charge is 2.17. The maximum Gasteiger partial charge on any atom is 0.326 e. The maximum absolute atomic E-state index is 11.8. The maximum atomic E-state index is 11.8. The second-order valence-electron chi connectivity index (χ2n) is 4.87. The molecule has 0 saturated carbocycles. The number of benzene rings is 1. The third-order valence-corrected chi connectivity index (χ3v) is 3.71. The zero-order chi connectivity index (χ0) is 15.8. The van der Waals surface area contributed by atoms with Gasteiger partial charge in [-0.05, 0) is 49.5 Å². The zero-order valence-electron chi connectivity index (χ0n) is 12.6. The van der Waals surface area contributed by atoms with Gasteiger partial charge in [-0.15, -0.1) is 0 Å². The third-order valence-electron chi connectivity index (χ3n) is 3.06. The van der Waals surface area contributed by atoms with Crippen LogP contribution in [0.1, 0.15) is 23.1 Å². The summed E-state index contributed by atoms with van der Waals surface area (Å²) in [6.45, 7) is 3.99. The van der Waals surface area contributed by atoms with Crippen LogP contribution in [0.3, 0.4) is 0 Å². The molecule has 1 aromatic rings. The minimum absolute atomic E-state index is 0.386. The molecule has 21 heavy (non-hydrogen) atoms. The monoisotopic (exact) mass is 307 g/mol. The van der Waals surface area contributed by atoms with E-state index >= 15 is 0 Å². The highest BCUT2D eigenvalue weighted by atomic mass is 32.2. The largest absolute Gasteiger partial charge is 0.480 e. The molecule has 114 valence electrons. The van der Waals surface area contributed by atoms with Crippen molar-refractivity contribution in [1.29, 1.82) is 0 Å². The number of carboxylic acid groups (broad SMARTS) is 1. The zero-order valence-corrected chi connectivity index (χ0v) is 13.4. The predicted molar refractivity (Wildman–Crippen MR) is 87.5 cm³/mol. The molecule has 0 spiro atoms. The summed E-state index contributed by atoms with van der Waals surface area (Å²) in [5, 5.41) is 11.6. The molecule has 0 fully saturated rings. The first-order valence-corrected chi connectivity index (χ1v) is 8.11. The molecule has 1 unspecified atom stereocenters. The molecular formula is C16H21NO3S. The first-order chi connectivity index (χ1) is 9.93. The van der Waals surface area contributed by atoms with Crippen LogP contribution in [0.5, 0.6) is 0 Å². The number of thioether (sulfide) groups is 1. The molecule has 0 aromatic heterocycles. The van der Waals surface area contributed by atoms with Crippen LogP contribution in [-0.4, -0.2) is 35.0 Å². The van der Waals surface area contributed by atoms with Crippen molar-refractivity contribution in [3.8, 4) is 0 Å². The van der Waals surface area contributed by atoms with E-state index in [4.69, 9.17) is 5.11 Å². The van der Waals surface area contributed by atoms with Crippen LogP contribution >= 0.6 is 11.8 Å². The average molecular weight is 307 g/mol. The number of carboxylic acids is 1. The highest BCUT2D eigenvalue weighted by Crippen LogP contribution is 2.12. The summed E-state index contributed by atoms with van der Waals surface area (Å²) < 4.78 is 0. The van der Waals surface area contributed by atoms with Crippen molar-refractivity contribution in [2.45, 2.75) is 26.3 Å². The minimum Gasteiger partial charge on any atom is -0.480 e. The van der Waals surface area contributed by atoms with E-state index in [1.54, 1.807) is 17.8 Å². The summed E-state index contributed by atoms with van der Waals surface area (Å²) in [7, 11) is 0. The van der Waals surface area contributed by atoms with Crippen LogP contribution < -0.4 is 5.32 Å². The van der Waals surface area contributed by atoms with Crippen molar-refractivity contribution >= 4 is 29.7 Å². The Balaban J connectivity index is 2.66. The Morgan fingerprint density at radius 3 is 2.67 bits per heavy atom. The van der Waals surface area contributed by atoms with Gasteiger partial charge in [0, 0.05) is 6.08 Å². The molecule has 0 heterocycles. The first-order valence-electron chi connectivity index (χ1n) is 6.71. The van der Waals surface area contributed by atoms with Gasteiger partial charge in [0.15, 0.2) is 0 Å². The normalized spacial score (nSPS) is 12.3. The van der Waals surface area contributed by atoms with Crippen molar-refractivity contribution in [3.05, 3.63) is 41.0 Å². The second-order valence-corrected chi connectivity index (χ2v) is 5.86. The summed E-state index contributed by atoms with van der Waals surface area (Å²) in [6.07, 6.45) is 5.41. The Morgan fingerprint density at radius 1 is 1.38 bits per heavy atom. The third kappa shape index (κ3) is 6.04. The average Bonchev–Trinajstić information content (AvgIpc) is 2.42. The standard InChI is InChI=1S/C16H21NO3S/c1-11-4-5-13(12(2)10-11)6-7-15(18)17-14(16(19)20)8-9-21-3/h4-7,10,14H,8-9H2,1-3H3,(H,17,18)(H,19,20)/b7-6+. The molecule has 1 amide bonds. The van der Waals surface area contributed by atoms with Crippen LogP contribution in [0.25, 0.3) is 6.08 Å². The SMILES string of the molecule is CSCCC(NC(=O)/C=C/c1ccc(C)cc1C)C(=O)O. The summed E-state index contributed by atoms with van der Waals surface area (Å²) in [5.74, 6) is -0.696. The lowest BCUT2D eigenvalue weighted by Crippen LogP contribution is -2.40. The van der Waals surface area contributed by atoms with Gasteiger partial charge in [-0.1, -0.05) is 23.8 Å². The van der Waals surface area contributed by atoms with Gasteiger partial charge in [-0.3, -0.25) is 4.79 Å². The summed E-state index contributed by atoms with van der Waals surface area (Å²) in [6, 6.07) is 5.12. The fourth-order valence-electron chi connectivity index (χ4n) is 1.89. The molecule has 0 saturated heterocycles. The smallest absolute Gasteiger partial charge is 0.326 e. The van der Waals surface area contributed by atoms with E-state index in [1.165, 1.54) is 6.08 Å². The Bertz CT molecular complexity index is 540. The van der Waals surface area contributed by atoms with Crippen molar-refractivity contribution < 1.29 is 14.7 Å². The van der Waals surface area contributed by atoms with Crippen molar-refractivity contribution in [1.82, 2.24) is 5.32 Å². The van der Waals surface area contributed by atoms with Crippen molar-refractivity contribution in [2.24, 2.45) is 0 Å². The topological polar surface area (TPSA) is 66.4 Å². The number of carbonyl (C=O) groups is 2. The van der Waals surface area contributed by atoms with Gasteiger partial charge >= 0.3 is 5.97 Å². The van der Waals surface area contributed by atoms with Gasteiger partial charge in [-0.25, -0.2) is 4.79 Å². The lowest BCUT2D eigenvalue weighted by Gasteiger charge is -2.12. The van der Waals surface area contributed by atoms with E-state index in [2.05, 4.69) is 5.32 Å². The number of carbonyl (C=O) groups excluding carboxylic acids is 1. The molecule has 0 aliphatic rings. The van der Waals surface area contributed by atoms with Crippen molar-refractivity contribution in [3.63, 3.8) is 0 Å². The minimum atomic E-state index is -1.00. The Hall–Kier alpha value is -1.75. The van der Waals surface area contributed by atoms with Gasteiger partial charge < -0.3 is 10.4 Å². The Kier molecular flexibility index (Phi) is 7.02. The highest BCUT2D eigenvalue weighted by molar-refractivity contribution is 7.98. The summed E-state index contributed by atoms with van der Waals surface area (Å²) >= 11 is 1.56. The van der Waals surface area contributed by atoms with E-state index in [0.717, 1.165) is 16.7 Å². The Labute approximate surface area is 129 Å². The predicted octanol–water partition coefficient (Wildman–Crippen LogP) is 2.64. The number of amides is 1. The fourth-order valence-corrected chi connectivity index (χ4v) is 2.36. The molecule has 0 radical (unpaired) electrons. The van der Waals surface area contributed by atoms with Crippen LogP contribution in [0.4, 0.5) is 0 Å². The van der Waals surface area contributed by atoms with E-state index < -0.39 is 12.0 Å². The van der Waals surface area contributed by atoms with Crippen LogP contribution in [0.15, 0.2) is 24.3 Å². The molecule has 1 aromatic carbocycles. The molecule has 1 atom stereocenters. The van der Waals surface area contributed by atoms with Gasteiger partial charge in [0.25, 0.3) is 0 Å². The number of aryl methyl sites for hydroxylation is 2. The van der Waals surface area contributed by atoms with Gasteiger partial charge in [-0.2, -0.15) is 11.8 Å². The molecule has 0 aliphatic carbocycles. The quantitative estimate of drug-likeness (QED) is 0.760. The number of hydrogen-bond acceptors (Lipinski definition) is 3. The van der Waals surface area contributed by atoms with E-state index in [-0.39, 0.29) is 5.91 Å². The lowest BCUT2D eigenvalue weighted by atomic mass is 10.1. The second kappa shape index (κ2) is 8.52. The fraction of sp³-hybridized carbons (Fsp3) is 0.375. The number of hydrogen-bond donors (Lipinski definition) is 2. The number of aliphatic carboxylic acids is 1. The van der Waals surface area contributed by atoms with E-state index in [1.807, 2.05) is 38.3 Å². The van der Waals surface area contributed by atoms with Crippen LogP contribution in [0, 0.1) is 13.8 Å². The molecule has 5 heteroatoms. The lowest BCUT2D eigenvalue weighted by molar-refractivity contribution is -0.141. The van der Waals surface area contributed by atoms with Gasteiger partial charge in [0.2, 0.25) is 5.91 Å². The summed E-state index contributed by atoms with van der Waals surface area (Å²) in [4.78, 5) is 22.9. The summed E-state index contributed by atoms with van der Waals surface area (Å²) in [5.41, 5.74) is 3.19. The number of rotatable bonds is 7. The first kappa shape index (κ1) is 17.3. The van der Waals surface area contributed by atoms with E-state index in [9.17, 15) is 9.59 Å². The number of nitrogens with one attached hydrogen (secondary N) is 1. The molecule has 1 rings (SSSR count). The van der Waals surface area contributed by atoms with E-state index in [0.29, 0.717) is 12.2 Å². The van der Waals surface area contributed by atoms with Gasteiger partial charge in [0.1, 0.15) is 6.04 Å². The molecule has 4 nitrogen and oxygen atoms in total. The molecule has 2 N–H and O–H groups in total.